The predicted octanol–water partition coefficient (Wildman–Crippen LogP) is 2.30. The van der Waals surface area contributed by atoms with E-state index in [1.807, 2.05) is 17.5 Å². The molecule has 0 atom stereocenters. The van der Waals surface area contributed by atoms with Gasteiger partial charge in [0.1, 0.15) is 10.7 Å². The minimum absolute atomic E-state index is 0.218. The van der Waals surface area contributed by atoms with Gasteiger partial charge in [0.2, 0.25) is 10.0 Å². The number of halogens is 1. The van der Waals surface area contributed by atoms with Gasteiger partial charge in [-0.3, -0.25) is 0 Å². The summed E-state index contributed by atoms with van der Waals surface area (Å²) in [4.78, 5) is 0.656. The second-order valence-corrected chi connectivity index (χ2v) is 7.13. The molecule has 2 rings (SSSR count). The average molecular weight is 314 g/mol. The molecule has 0 bridgehead atoms. The third-order valence-corrected chi connectivity index (χ3v) is 5.27. The summed E-state index contributed by atoms with van der Waals surface area (Å²) < 4.78 is 40.2. The van der Waals surface area contributed by atoms with E-state index in [0.29, 0.717) is 12.0 Å². The van der Waals surface area contributed by atoms with Gasteiger partial charge in [-0.25, -0.2) is 17.5 Å². The monoisotopic (exact) mass is 314 g/mol. The molecule has 0 saturated carbocycles. The number of nitrogens with one attached hydrogen (secondary N) is 1. The SMILES string of the molecule is Cc1cc(F)c(S(=O)(=O)NCCc2cccs2)cc1N. The lowest BCUT2D eigenvalue weighted by atomic mass is 10.2. The van der Waals surface area contributed by atoms with Crippen molar-refractivity contribution in [1.82, 2.24) is 4.72 Å². The highest BCUT2D eigenvalue weighted by molar-refractivity contribution is 7.89. The van der Waals surface area contributed by atoms with Crippen LogP contribution in [0.5, 0.6) is 0 Å². The Labute approximate surface area is 121 Å². The van der Waals surface area contributed by atoms with Crippen LogP contribution >= 0.6 is 11.3 Å². The molecule has 0 aliphatic rings. The van der Waals surface area contributed by atoms with Crippen molar-refractivity contribution in [3.63, 3.8) is 0 Å². The number of anilines is 1. The van der Waals surface area contributed by atoms with Gasteiger partial charge in [-0.15, -0.1) is 11.3 Å². The first-order valence-electron chi connectivity index (χ1n) is 5.98. The highest BCUT2D eigenvalue weighted by Crippen LogP contribution is 2.21. The summed E-state index contributed by atoms with van der Waals surface area (Å²) in [6.07, 6.45) is 0.569. The van der Waals surface area contributed by atoms with Crippen LogP contribution in [-0.4, -0.2) is 15.0 Å². The molecule has 108 valence electrons. The van der Waals surface area contributed by atoms with E-state index >= 15 is 0 Å². The van der Waals surface area contributed by atoms with E-state index in [1.54, 1.807) is 18.3 Å². The minimum Gasteiger partial charge on any atom is -0.398 e. The summed E-state index contributed by atoms with van der Waals surface area (Å²) in [6.45, 7) is 1.84. The summed E-state index contributed by atoms with van der Waals surface area (Å²) in [6, 6.07) is 6.10. The molecule has 0 fully saturated rings. The second kappa shape index (κ2) is 5.90. The predicted molar refractivity (Wildman–Crippen MR) is 78.8 cm³/mol. The Balaban J connectivity index is 2.12. The third kappa shape index (κ3) is 3.36. The molecule has 1 heterocycles. The van der Waals surface area contributed by atoms with Crippen LogP contribution in [0.2, 0.25) is 0 Å². The molecule has 4 nitrogen and oxygen atoms in total. The van der Waals surface area contributed by atoms with Crippen LogP contribution in [0.15, 0.2) is 34.5 Å². The van der Waals surface area contributed by atoms with Crippen molar-refractivity contribution in [2.45, 2.75) is 18.2 Å². The van der Waals surface area contributed by atoms with Gasteiger partial charge in [0.05, 0.1) is 0 Å². The molecule has 0 unspecified atom stereocenters. The zero-order chi connectivity index (χ0) is 14.8. The van der Waals surface area contributed by atoms with E-state index in [1.165, 1.54) is 0 Å². The van der Waals surface area contributed by atoms with Crippen LogP contribution in [0.1, 0.15) is 10.4 Å². The average Bonchev–Trinajstić information content (AvgIpc) is 2.86. The van der Waals surface area contributed by atoms with Gasteiger partial charge in [-0.2, -0.15) is 0 Å². The van der Waals surface area contributed by atoms with Gasteiger partial charge in [-0.05, 0) is 42.5 Å². The number of nitrogen functional groups attached to an aromatic ring is 1. The number of rotatable bonds is 5. The zero-order valence-corrected chi connectivity index (χ0v) is 12.5. The van der Waals surface area contributed by atoms with Crippen molar-refractivity contribution in [3.8, 4) is 0 Å². The minimum atomic E-state index is -3.88. The summed E-state index contributed by atoms with van der Waals surface area (Å²) in [5.74, 6) is -0.791. The maximum atomic E-state index is 13.8. The number of hydrogen-bond acceptors (Lipinski definition) is 4. The van der Waals surface area contributed by atoms with Crippen LogP contribution in [0.3, 0.4) is 0 Å². The van der Waals surface area contributed by atoms with E-state index in [2.05, 4.69) is 4.72 Å². The fraction of sp³-hybridized carbons (Fsp3) is 0.231. The number of hydrogen-bond donors (Lipinski definition) is 2. The van der Waals surface area contributed by atoms with E-state index in [-0.39, 0.29) is 12.2 Å². The Bertz CT molecular complexity index is 697. The van der Waals surface area contributed by atoms with Crippen molar-refractivity contribution < 1.29 is 12.8 Å². The Kier molecular flexibility index (Phi) is 4.42. The Morgan fingerprint density at radius 3 is 2.80 bits per heavy atom. The van der Waals surface area contributed by atoms with Gasteiger partial charge >= 0.3 is 0 Å². The number of thiophene rings is 1. The fourth-order valence-electron chi connectivity index (χ4n) is 1.72. The Morgan fingerprint density at radius 1 is 1.40 bits per heavy atom. The summed E-state index contributed by atoms with van der Waals surface area (Å²) in [5.41, 5.74) is 6.40. The van der Waals surface area contributed by atoms with Gasteiger partial charge < -0.3 is 5.73 Å². The van der Waals surface area contributed by atoms with E-state index < -0.39 is 20.7 Å². The Hall–Kier alpha value is -1.44. The number of aryl methyl sites for hydroxylation is 1. The first-order valence-corrected chi connectivity index (χ1v) is 8.34. The van der Waals surface area contributed by atoms with Crippen LogP contribution in [0.25, 0.3) is 0 Å². The number of sulfonamides is 1. The molecule has 0 spiro atoms. The quantitative estimate of drug-likeness (QED) is 0.832. The molecule has 3 N–H and O–H groups in total. The molecule has 0 aliphatic heterocycles. The van der Waals surface area contributed by atoms with Crippen molar-refractivity contribution in [1.29, 1.82) is 0 Å². The lowest BCUT2D eigenvalue weighted by molar-refractivity contribution is 0.557. The van der Waals surface area contributed by atoms with Gasteiger partial charge in [0.15, 0.2) is 0 Å². The summed E-state index contributed by atoms with van der Waals surface area (Å²) in [7, 11) is -3.88. The van der Waals surface area contributed by atoms with Crippen LogP contribution in [0, 0.1) is 12.7 Å². The van der Waals surface area contributed by atoms with Crippen molar-refractivity contribution >= 4 is 27.0 Å². The third-order valence-electron chi connectivity index (χ3n) is 2.85. The lowest BCUT2D eigenvalue weighted by Gasteiger charge is -2.09. The molecule has 2 aromatic rings. The lowest BCUT2D eigenvalue weighted by Crippen LogP contribution is -2.26. The van der Waals surface area contributed by atoms with Crippen LogP contribution in [-0.2, 0) is 16.4 Å². The van der Waals surface area contributed by atoms with Crippen molar-refractivity contribution in [2.24, 2.45) is 0 Å². The molecule has 20 heavy (non-hydrogen) atoms. The number of nitrogens with two attached hydrogens (primary N) is 1. The second-order valence-electron chi connectivity index (χ2n) is 4.37. The van der Waals surface area contributed by atoms with Gasteiger partial charge in [-0.1, -0.05) is 6.07 Å². The normalized spacial score (nSPS) is 11.7. The highest BCUT2D eigenvalue weighted by atomic mass is 32.2. The molecule has 1 aromatic heterocycles. The van der Waals surface area contributed by atoms with Crippen LogP contribution < -0.4 is 10.5 Å². The first-order chi connectivity index (χ1) is 9.40. The summed E-state index contributed by atoms with van der Waals surface area (Å²) >= 11 is 1.55. The molecule has 0 amide bonds. The molecule has 0 aliphatic carbocycles. The van der Waals surface area contributed by atoms with Crippen LogP contribution in [0.4, 0.5) is 10.1 Å². The van der Waals surface area contributed by atoms with E-state index in [0.717, 1.165) is 17.0 Å². The van der Waals surface area contributed by atoms with E-state index in [4.69, 9.17) is 5.73 Å². The maximum Gasteiger partial charge on any atom is 0.243 e. The topological polar surface area (TPSA) is 72.2 Å². The molecular weight excluding hydrogens is 299 g/mol. The highest BCUT2D eigenvalue weighted by Gasteiger charge is 2.19. The zero-order valence-electron chi connectivity index (χ0n) is 10.9. The fourth-order valence-corrected chi connectivity index (χ4v) is 3.55. The maximum absolute atomic E-state index is 13.8. The van der Waals surface area contributed by atoms with Crippen molar-refractivity contribution in [3.05, 3.63) is 45.9 Å². The first kappa shape index (κ1) is 15.0. The van der Waals surface area contributed by atoms with E-state index in [9.17, 15) is 12.8 Å². The van der Waals surface area contributed by atoms with Gasteiger partial charge in [0.25, 0.3) is 0 Å². The molecule has 7 heteroatoms. The molecule has 0 saturated heterocycles. The largest absolute Gasteiger partial charge is 0.398 e. The number of benzene rings is 1. The summed E-state index contributed by atoms with van der Waals surface area (Å²) in [5, 5.41) is 1.92. The van der Waals surface area contributed by atoms with Gasteiger partial charge in [0, 0.05) is 17.1 Å². The molecular formula is C13H15FN2O2S2. The standard InChI is InChI=1S/C13H15FN2O2S2/c1-9-7-11(14)13(8-12(9)15)20(17,18)16-5-4-10-3-2-6-19-10/h2-3,6-8,16H,4-5,15H2,1H3. The molecule has 0 radical (unpaired) electrons. The Morgan fingerprint density at radius 2 is 2.15 bits per heavy atom. The smallest absolute Gasteiger partial charge is 0.243 e. The molecule has 1 aromatic carbocycles. The van der Waals surface area contributed by atoms with Crippen molar-refractivity contribution in [2.75, 3.05) is 12.3 Å².